The molecule has 1 saturated heterocycles. The largest absolute Gasteiger partial charge is 0.497 e. The van der Waals surface area contributed by atoms with Crippen molar-refractivity contribution >= 4 is 28.8 Å². The molecule has 146 valence electrons. The molecule has 1 aliphatic rings. The van der Waals surface area contributed by atoms with Gasteiger partial charge in [-0.05, 0) is 29.8 Å². The SMILES string of the molecule is COc1ccc(CN(C)C(=O)CN2CCN(Cc3ccc(Cl)s3)CC2)cc1. The fraction of sp³-hybridized carbons (Fsp3) is 0.450. The number of methoxy groups -OCH3 is 1. The summed E-state index contributed by atoms with van der Waals surface area (Å²) in [6.45, 7) is 5.82. The molecule has 0 saturated carbocycles. The quantitative estimate of drug-likeness (QED) is 0.706. The highest BCUT2D eigenvalue weighted by atomic mass is 35.5. The molecule has 0 aliphatic carbocycles. The Morgan fingerprint density at radius 2 is 1.78 bits per heavy atom. The number of halogens is 1. The first-order valence-electron chi connectivity index (χ1n) is 9.09. The van der Waals surface area contributed by atoms with Crippen LogP contribution in [0.5, 0.6) is 5.75 Å². The highest BCUT2D eigenvalue weighted by Gasteiger charge is 2.21. The summed E-state index contributed by atoms with van der Waals surface area (Å²) in [7, 11) is 3.52. The van der Waals surface area contributed by atoms with Crippen molar-refractivity contribution in [2.45, 2.75) is 13.1 Å². The number of benzene rings is 1. The normalized spacial score (nSPS) is 15.7. The first-order chi connectivity index (χ1) is 13.0. The lowest BCUT2D eigenvalue weighted by molar-refractivity contribution is -0.132. The Morgan fingerprint density at radius 3 is 2.37 bits per heavy atom. The molecular weight excluding hydrogens is 382 g/mol. The van der Waals surface area contributed by atoms with Gasteiger partial charge < -0.3 is 9.64 Å². The lowest BCUT2D eigenvalue weighted by Gasteiger charge is -2.34. The molecule has 1 aromatic heterocycles. The topological polar surface area (TPSA) is 36.0 Å². The molecule has 1 aliphatic heterocycles. The van der Waals surface area contributed by atoms with Crippen molar-refractivity contribution in [1.29, 1.82) is 0 Å². The van der Waals surface area contributed by atoms with Crippen molar-refractivity contribution in [3.05, 3.63) is 51.2 Å². The maximum absolute atomic E-state index is 12.5. The fourth-order valence-corrected chi connectivity index (χ4v) is 4.30. The monoisotopic (exact) mass is 407 g/mol. The Labute approximate surface area is 170 Å². The van der Waals surface area contributed by atoms with Gasteiger partial charge in [-0.15, -0.1) is 11.3 Å². The van der Waals surface area contributed by atoms with Crippen molar-refractivity contribution in [1.82, 2.24) is 14.7 Å². The van der Waals surface area contributed by atoms with Crippen LogP contribution >= 0.6 is 22.9 Å². The van der Waals surface area contributed by atoms with Crippen molar-refractivity contribution in [2.75, 3.05) is 46.9 Å². The second-order valence-corrected chi connectivity index (χ2v) is 8.66. The van der Waals surface area contributed by atoms with Gasteiger partial charge in [0.05, 0.1) is 18.0 Å². The molecular formula is C20H26ClN3O2S. The maximum atomic E-state index is 12.5. The summed E-state index contributed by atoms with van der Waals surface area (Å²) in [5.74, 6) is 0.986. The summed E-state index contributed by atoms with van der Waals surface area (Å²) >= 11 is 7.65. The molecule has 0 N–H and O–H groups in total. The molecule has 0 spiro atoms. The highest BCUT2D eigenvalue weighted by molar-refractivity contribution is 7.16. The zero-order valence-electron chi connectivity index (χ0n) is 15.9. The van der Waals surface area contributed by atoms with Crippen LogP contribution in [0.2, 0.25) is 4.34 Å². The van der Waals surface area contributed by atoms with Crippen molar-refractivity contribution in [2.24, 2.45) is 0 Å². The summed E-state index contributed by atoms with van der Waals surface area (Å²) in [5, 5.41) is 0. The van der Waals surface area contributed by atoms with E-state index in [4.69, 9.17) is 16.3 Å². The van der Waals surface area contributed by atoms with Crippen LogP contribution < -0.4 is 4.74 Å². The predicted octanol–water partition coefficient (Wildman–Crippen LogP) is 3.19. The Morgan fingerprint density at radius 1 is 1.11 bits per heavy atom. The minimum atomic E-state index is 0.157. The number of nitrogens with zero attached hydrogens (tertiary/aromatic N) is 3. The summed E-state index contributed by atoms with van der Waals surface area (Å²) < 4.78 is 6.01. The minimum absolute atomic E-state index is 0.157. The molecule has 0 radical (unpaired) electrons. The van der Waals surface area contributed by atoms with E-state index in [1.165, 1.54) is 4.88 Å². The van der Waals surface area contributed by atoms with Crippen LogP contribution in [-0.2, 0) is 17.9 Å². The van der Waals surface area contributed by atoms with Crippen LogP contribution in [0, 0.1) is 0 Å². The summed E-state index contributed by atoms with van der Waals surface area (Å²) in [6.07, 6.45) is 0. The molecule has 1 amide bonds. The molecule has 27 heavy (non-hydrogen) atoms. The number of rotatable bonds is 7. The van der Waals surface area contributed by atoms with Crippen LogP contribution in [0.1, 0.15) is 10.4 Å². The first-order valence-corrected chi connectivity index (χ1v) is 10.3. The van der Waals surface area contributed by atoms with Crippen LogP contribution in [-0.4, -0.2) is 67.5 Å². The first kappa shape index (κ1) is 20.1. The molecule has 1 fully saturated rings. The van der Waals surface area contributed by atoms with E-state index in [1.54, 1.807) is 23.3 Å². The zero-order chi connectivity index (χ0) is 19.2. The summed E-state index contributed by atoms with van der Waals surface area (Å²) in [6, 6.07) is 11.9. The lowest BCUT2D eigenvalue weighted by Crippen LogP contribution is -2.49. The number of hydrogen-bond donors (Lipinski definition) is 0. The standard InChI is InChI=1S/C20H26ClN3O2S/c1-22(13-16-3-5-17(26-2)6-4-16)20(25)15-24-11-9-23(10-12-24)14-18-7-8-19(21)27-18/h3-8H,9-15H2,1-2H3. The van der Waals surface area contributed by atoms with Gasteiger partial charge >= 0.3 is 0 Å². The average molecular weight is 408 g/mol. The van der Waals surface area contributed by atoms with Gasteiger partial charge in [-0.3, -0.25) is 14.6 Å². The lowest BCUT2D eigenvalue weighted by atomic mass is 10.2. The average Bonchev–Trinajstić information content (AvgIpc) is 3.08. The maximum Gasteiger partial charge on any atom is 0.236 e. The third-order valence-electron chi connectivity index (χ3n) is 4.84. The van der Waals surface area contributed by atoms with Crippen molar-refractivity contribution < 1.29 is 9.53 Å². The van der Waals surface area contributed by atoms with Crippen LogP contribution in [0.15, 0.2) is 36.4 Å². The summed E-state index contributed by atoms with van der Waals surface area (Å²) in [5.41, 5.74) is 1.10. The number of carbonyl (C=O) groups excluding carboxylic acids is 1. The molecule has 0 unspecified atom stereocenters. The number of carbonyl (C=O) groups is 1. The van der Waals surface area contributed by atoms with Gasteiger partial charge in [0.25, 0.3) is 0 Å². The van der Waals surface area contributed by atoms with E-state index in [2.05, 4.69) is 15.9 Å². The van der Waals surface area contributed by atoms with Gasteiger partial charge in [0, 0.05) is 51.2 Å². The molecule has 1 aromatic carbocycles. The predicted molar refractivity (Wildman–Crippen MR) is 111 cm³/mol. The van der Waals surface area contributed by atoms with Crippen molar-refractivity contribution in [3.8, 4) is 5.75 Å². The Hall–Kier alpha value is -1.60. The third-order valence-corrected chi connectivity index (χ3v) is 6.05. The van der Waals surface area contributed by atoms with Crippen LogP contribution in [0.25, 0.3) is 0 Å². The van der Waals surface area contributed by atoms with Crippen molar-refractivity contribution in [3.63, 3.8) is 0 Å². The number of likely N-dealkylation sites (N-methyl/N-ethyl adjacent to an activating group) is 1. The number of hydrogen-bond acceptors (Lipinski definition) is 5. The summed E-state index contributed by atoms with van der Waals surface area (Å²) in [4.78, 5) is 20.3. The van der Waals surface area contributed by atoms with E-state index in [0.717, 1.165) is 48.4 Å². The number of thiophene rings is 1. The van der Waals surface area contributed by atoms with Gasteiger partial charge in [0.15, 0.2) is 0 Å². The smallest absolute Gasteiger partial charge is 0.236 e. The molecule has 7 heteroatoms. The van der Waals surface area contributed by atoms with Gasteiger partial charge in [-0.2, -0.15) is 0 Å². The van der Waals surface area contributed by atoms with Gasteiger partial charge in [0.2, 0.25) is 5.91 Å². The van der Waals surface area contributed by atoms with Gasteiger partial charge in [-0.1, -0.05) is 23.7 Å². The molecule has 2 aromatic rings. The van der Waals surface area contributed by atoms with E-state index >= 15 is 0 Å². The van der Waals surface area contributed by atoms with E-state index < -0.39 is 0 Å². The molecule has 2 heterocycles. The van der Waals surface area contributed by atoms with Gasteiger partial charge in [-0.25, -0.2) is 0 Å². The third kappa shape index (κ3) is 5.94. The van der Waals surface area contributed by atoms with E-state index in [9.17, 15) is 4.79 Å². The van der Waals surface area contributed by atoms with E-state index in [1.807, 2.05) is 37.4 Å². The van der Waals surface area contributed by atoms with E-state index in [0.29, 0.717) is 13.1 Å². The minimum Gasteiger partial charge on any atom is -0.497 e. The molecule has 5 nitrogen and oxygen atoms in total. The highest BCUT2D eigenvalue weighted by Crippen LogP contribution is 2.23. The van der Waals surface area contributed by atoms with Gasteiger partial charge in [0.1, 0.15) is 5.75 Å². The van der Waals surface area contributed by atoms with E-state index in [-0.39, 0.29) is 5.91 Å². The molecule has 3 rings (SSSR count). The second kappa shape index (κ2) is 9.55. The number of amides is 1. The molecule has 0 bridgehead atoms. The zero-order valence-corrected chi connectivity index (χ0v) is 17.4. The van der Waals surface area contributed by atoms with Crippen LogP contribution in [0.4, 0.5) is 0 Å². The molecule has 0 atom stereocenters. The number of piperazine rings is 1. The Bertz CT molecular complexity index is 742. The second-order valence-electron chi connectivity index (χ2n) is 6.86. The van der Waals surface area contributed by atoms with Crippen LogP contribution in [0.3, 0.4) is 0 Å². The Balaban J connectivity index is 1.41. The number of ether oxygens (including phenoxy) is 1. The Kier molecular flexibility index (Phi) is 7.13. The fourth-order valence-electron chi connectivity index (χ4n) is 3.17.